The van der Waals surface area contributed by atoms with Gasteiger partial charge in [0.1, 0.15) is 6.61 Å². The normalized spacial score (nSPS) is 13.8. The van der Waals surface area contributed by atoms with E-state index in [4.69, 9.17) is 24.3 Å². The van der Waals surface area contributed by atoms with Gasteiger partial charge in [-0.25, -0.2) is 4.57 Å². The molecule has 0 saturated heterocycles. The monoisotopic (exact) mass is 754 g/mol. The molecule has 0 rings (SSSR count). The maximum Gasteiger partial charge on any atom is 0.472 e. The molecule has 0 aromatic carbocycles. The van der Waals surface area contributed by atoms with Crippen molar-refractivity contribution in [3.63, 3.8) is 0 Å². The Kier molecular flexibility index (Phi) is 37.2. The van der Waals surface area contributed by atoms with Crippen LogP contribution in [0.25, 0.3) is 0 Å². The van der Waals surface area contributed by atoms with E-state index in [1.807, 2.05) is 6.08 Å². The summed E-state index contributed by atoms with van der Waals surface area (Å²) in [5, 5.41) is 0. The van der Waals surface area contributed by atoms with E-state index < -0.39 is 32.5 Å². The number of phosphoric ester groups is 1. The average molecular weight is 754 g/mol. The van der Waals surface area contributed by atoms with E-state index in [-0.39, 0.29) is 32.6 Å². The first-order chi connectivity index (χ1) is 25.3. The Morgan fingerprint density at radius 2 is 1.02 bits per heavy atom. The van der Waals surface area contributed by atoms with Crippen molar-refractivity contribution in [3.05, 3.63) is 48.6 Å². The van der Waals surface area contributed by atoms with Gasteiger partial charge in [0.05, 0.1) is 13.2 Å². The molecule has 0 aromatic rings. The molecule has 0 bridgehead atoms. The summed E-state index contributed by atoms with van der Waals surface area (Å²) in [4.78, 5) is 34.8. The van der Waals surface area contributed by atoms with Crippen LogP contribution in [0.3, 0.4) is 0 Å². The van der Waals surface area contributed by atoms with Crippen molar-refractivity contribution in [2.24, 2.45) is 5.73 Å². The minimum atomic E-state index is -4.39. The highest BCUT2D eigenvalue weighted by Gasteiger charge is 2.25. The number of allylic oxidation sites excluding steroid dienone is 8. The third-order valence-electron chi connectivity index (χ3n) is 8.44. The lowest BCUT2D eigenvalue weighted by molar-refractivity contribution is -0.161. The summed E-state index contributed by atoms with van der Waals surface area (Å²) in [5.74, 6) is -0.902. The number of ether oxygens (including phenoxy) is 2. The highest BCUT2D eigenvalue weighted by molar-refractivity contribution is 7.47. The second-order valence-corrected chi connectivity index (χ2v) is 14.9. The lowest BCUT2D eigenvalue weighted by atomic mass is 10.1. The topological polar surface area (TPSA) is 134 Å². The number of nitrogens with two attached hydrogens (primary N) is 1. The van der Waals surface area contributed by atoms with Crippen LogP contribution in [0.2, 0.25) is 0 Å². The van der Waals surface area contributed by atoms with E-state index in [1.54, 1.807) is 0 Å². The van der Waals surface area contributed by atoms with Crippen molar-refractivity contribution in [2.45, 2.75) is 180 Å². The molecule has 3 N–H and O–H groups in total. The minimum absolute atomic E-state index is 0.0433. The summed E-state index contributed by atoms with van der Waals surface area (Å²) < 4.78 is 32.6. The van der Waals surface area contributed by atoms with Gasteiger partial charge >= 0.3 is 19.8 Å². The predicted octanol–water partition coefficient (Wildman–Crippen LogP) is 11.6. The summed E-state index contributed by atoms with van der Waals surface area (Å²) in [6.07, 6.45) is 42.9. The van der Waals surface area contributed by atoms with Crippen molar-refractivity contribution < 1.29 is 37.6 Å². The summed E-state index contributed by atoms with van der Waals surface area (Å²) in [7, 11) is -4.39. The molecule has 9 nitrogen and oxygen atoms in total. The molecular formula is C42H76NO8P. The van der Waals surface area contributed by atoms with E-state index in [2.05, 4.69) is 56.4 Å². The standard InChI is InChI=1S/C42H76NO8P/c1-3-5-7-9-11-13-15-17-19-20-21-23-25-27-29-31-33-35-42(45)51-40(39-50-52(46,47)49-37-36-43)38-48-41(44)34-32-30-28-26-24-22-18-16-14-12-10-8-6-4-2/h16-19,21,23,27,29,40H,3-15,20,22,24-26,28,30-39,43H2,1-2H3,(H,46,47)/b18-16+,19-17+,23-21+,29-27+/t40-/m1/s1. The van der Waals surface area contributed by atoms with Crippen LogP contribution in [0, 0.1) is 0 Å². The molecule has 0 aliphatic carbocycles. The Balaban J connectivity index is 4.30. The van der Waals surface area contributed by atoms with E-state index in [0.717, 1.165) is 51.4 Å². The van der Waals surface area contributed by atoms with Gasteiger partial charge in [-0.05, 0) is 70.6 Å². The molecule has 0 aliphatic heterocycles. The first kappa shape index (κ1) is 50.0. The summed E-state index contributed by atoms with van der Waals surface area (Å²) in [6.45, 7) is 3.64. The lowest BCUT2D eigenvalue weighted by Gasteiger charge is -2.19. The molecule has 0 aromatic heterocycles. The average Bonchev–Trinajstić information content (AvgIpc) is 3.13. The fourth-order valence-corrected chi connectivity index (χ4v) is 6.11. The molecule has 0 saturated carbocycles. The van der Waals surface area contributed by atoms with E-state index in [1.165, 1.54) is 77.0 Å². The van der Waals surface area contributed by atoms with Crippen molar-refractivity contribution >= 4 is 19.8 Å². The van der Waals surface area contributed by atoms with Gasteiger partial charge in [-0.2, -0.15) is 0 Å². The Morgan fingerprint density at radius 3 is 1.56 bits per heavy atom. The van der Waals surface area contributed by atoms with Gasteiger partial charge < -0.3 is 20.1 Å². The number of hydrogen-bond donors (Lipinski definition) is 2. The molecule has 2 atom stereocenters. The van der Waals surface area contributed by atoms with Gasteiger partial charge in [0.25, 0.3) is 0 Å². The maximum atomic E-state index is 12.5. The molecule has 0 spiro atoms. The molecule has 0 fully saturated rings. The number of carbonyl (C=O) groups is 2. The highest BCUT2D eigenvalue weighted by Crippen LogP contribution is 2.43. The van der Waals surface area contributed by atoms with Gasteiger partial charge in [0.15, 0.2) is 6.10 Å². The van der Waals surface area contributed by atoms with Crippen molar-refractivity contribution in [3.8, 4) is 0 Å². The number of unbranched alkanes of at least 4 members (excludes halogenated alkanes) is 17. The second kappa shape index (κ2) is 38.7. The van der Waals surface area contributed by atoms with Crippen molar-refractivity contribution in [1.29, 1.82) is 0 Å². The van der Waals surface area contributed by atoms with Crippen LogP contribution in [-0.4, -0.2) is 49.3 Å². The Hall–Kier alpha value is -2.03. The third-order valence-corrected chi connectivity index (χ3v) is 9.42. The van der Waals surface area contributed by atoms with Crippen molar-refractivity contribution in [1.82, 2.24) is 0 Å². The van der Waals surface area contributed by atoms with Crippen LogP contribution in [-0.2, 0) is 32.7 Å². The second-order valence-electron chi connectivity index (χ2n) is 13.5. The lowest BCUT2D eigenvalue weighted by Crippen LogP contribution is -2.29. The smallest absolute Gasteiger partial charge is 0.462 e. The van der Waals surface area contributed by atoms with E-state index in [0.29, 0.717) is 19.3 Å². The largest absolute Gasteiger partial charge is 0.472 e. The minimum Gasteiger partial charge on any atom is -0.462 e. The summed E-state index contributed by atoms with van der Waals surface area (Å²) in [6, 6.07) is 0. The zero-order valence-electron chi connectivity index (χ0n) is 33.0. The van der Waals surface area contributed by atoms with Gasteiger partial charge in [0, 0.05) is 19.4 Å². The fourth-order valence-electron chi connectivity index (χ4n) is 5.35. The molecule has 0 amide bonds. The molecular weight excluding hydrogens is 677 g/mol. The zero-order chi connectivity index (χ0) is 38.2. The zero-order valence-corrected chi connectivity index (χ0v) is 33.9. The molecule has 0 aliphatic rings. The molecule has 302 valence electrons. The number of carbonyl (C=O) groups excluding carboxylic acids is 2. The highest BCUT2D eigenvalue weighted by atomic mass is 31.2. The summed E-state index contributed by atoms with van der Waals surface area (Å²) in [5.41, 5.74) is 5.33. The molecule has 10 heteroatoms. The molecule has 0 heterocycles. The van der Waals surface area contributed by atoms with Crippen molar-refractivity contribution in [2.75, 3.05) is 26.4 Å². The Labute approximate surface area is 317 Å². The third kappa shape index (κ3) is 37.7. The molecule has 0 radical (unpaired) electrons. The van der Waals surface area contributed by atoms with Crippen LogP contribution in [0.15, 0.2) is 48.6 Å². The number of rotatable bonds is 38. The SMILES string of the molecule is CCCCCCC/C=C/CCCCCCCC(=O)OC[C@H](COP(=O)(O)OCCN)OC(=O)CCC/C=C/C/C=C/C/C=C/CCCCCCCC. The van der Waals surface area contributed by atoms with Crippen LogP contribution in [0.5, 0.6) is 0 Å². The van der Waals surface area contributed by atoms with E-state index >= 15 is 0 Å². The molecule has 1 unspecified atom stereocenters. The van der Waals surface area contributed by atoms with Gasteiger partial charge in [-0.1, -0.05) is 140 Å². The Morgan fingerprint density at radius 1 is 0.577 bits per heavy atom. The Bertz CT molecular complexity index is 996. The van der Waals surface area contributed by atoms with E-state index in [9.17, 15) is 19.0 Å². The number of esters is 2. The fraction of sp³-hybridized carbons (Fsp3) is 0.762. The molecule has 52 heavy (non-hydrogen) atoms. The predicted molar refractivity (Wildman–Crippen MR) is 215 cm³/mol. The van der Waals surface area contributed by atoms with Gasteiger partial charge in [-0.15, -0.1) is 0 Å². The van der Waals surface area contributed by atoms with Crippen LogP contribution >= 0.6 is 7.82 Å². The first-order valence-electron chi connectivity index (χ1n) is 20.6. The summed E-state index contributed by atoms with van der Waals surface area (Å²) >= 11 is 0. The van der Waals surface area contributed by atoms with Crippen LogP contribution in [0.4, 0.5) is 0 Å². The van der Waals surface area contributed by atoms with Crippen LogP contribution in [0.1, 0.15) is 174 Å². The van der Waals surface area contributed by atoms with Gasteiger partial charge in [0.2, 0.25) is 0 Å². The van der Waals surface area contributed by atoms with Gasteiger partial charge in [-0.3, -0.25) is 18.6 Å². The quantitative estimate of drug-likeness (QED) is 0.0273. The maximum absolute atomic E-state index is 12.5. The van der Waals surface area contributed by atoms with Crippen LogP contribution < -0.4 is 5.73 Å². The first-order valence-corrected chi connectivity index (χ1v) is 22.1. The number of phosphoric acid groups is 1. The number of hydrogen-bond acceptors (Lipinski definition) is 8.